The first-order valence-electron chi connectivity index (χ1n) is 9.56. The molecule has 1 atom stereocenters. The van der Waals surface area contributed by atoms with Crippen LogP contribution in [0.1, 0.15) is 47.2 Å². The Morgan fingerprint density at radius 1 is 1.00 bits per heavy atom. The number of sulfone groups is 1. The fraction of sp³-hybridized carbons (Fsp3) is 0.455. The molecule has 29 heavy (non-hydrogen) atoms. The van der Waals surface area contributed by atoms with Gasteiger partial charge in [0.1, 0.15) is 0 Å². The van der Waals surface area contributed by atoms with Crippen LogP contribution in [0.15, 0.2) is 36.4 Å². The molecule has 158 valence electrons. The van der Waals surface area contributed by atoms with Gasteiger partial charge in [0.15, 0.2) is 9.84 Å². The zero-order valence-electron chi connectivity index (χ0n) is 16.4. The Hall–Kier alpha value is -1.53. The van der Waals surface area contributed by atoms with E-state index in [9.17, 15) is 21.6 Å². The smallest absolute Gasteiger partial charge is 0.229 e. The van der Waals surface area contributed by atoms with Crippen LogP contribution in [0.2, 0.25) is 0 Å². The molecule has 0 aromatic heterocycles. The average molecular weight is 445 g/mol. The standard InChI is InChI=1S/C22H24ClF3O2S/c1-14(2)29(27,28)13-18-8-19-4-3-15(7-20(19)9-18)5-16-6-17(12-23)11-21(10-16)22(24,25)26/h3-4,6-7,10-11,14,18H,5,8-9,12-13H2,1-2H3/t18-/m0/s1. The van der Waals surface area contributed by atoms with Crippen LogP contribution in [0.4, 0.5) is 13.2 Å². The van der Waals surface area contributed by atoms with Gasteiger partial charge in [-0.1, -0.05) is 24.3 Å². The first-order valence-corrected chi connectivity index (χ1v) is 11.8. The van der Waals surface area contributed by atoms with Gasteiger partial charge in [-0.3, -0.25) is 0 Å². The maximum Gasteiger partial charge on any atom is 0.416 e. The molecule has 0 aliphatic heterocycles. The summed E-state index contributed by atoms with van der Waals surface area (Å²) in [6, 6.07) is 9.84. The summed E-state index contributed by atoms with van der Waals surface area (Å²) in [4.78, 5) is 0. The Kier molecular flexibility index (Phi) is 6.35. The number of fused-ring (bicyclic) bond motifs is 1. The molecule has 7 heteroatoms. The second-order valence-corrected chi connectivity index (χ2v) is 11.0. The molecular weight excluding hydrogens is 421 g/mol. The summed E-state index contributed by atoms with van der Waals surface area (Å²) in [5.41, 5.74) is 3.45. The molecule has 0 amide bonds. The van der Waals surface area contributed by atoms with Crippen LogP contribution in [-0.2, 0) is 41.2 Å². The van der Waals surface area contributed by atoms with Crippen LogP contribution in [0.5, 0.6) is 0 Å². The van der Waals surface area contributed by atoms with Gasteiger partial charge in [0.25, 0.3) is 0 Å². The van der Waals surface area contributed by atoms with E-state index < -0.39 is 21.6 Å². The van der Waals surface area contributed by atoms with Gasteiger partial charge >= 0.3 is 6.18 Å². The van der Waals surface area contributed by atoms with Gasteiger partial charge in [-0.05, 0) is 79.0 Å². The fourth-order valence-corrected chi connectivity index (χ4v) is 5.28. The Balaban J connectivity index is 1.79. The number of alkyl halides is 4. The van der Waals surface area contributed by atoms with Crippen molar-refractivity contribution in [1.82, 2.24) is 0 Å². The molecule has 0 unspecified atom stereocenters. The van der Waals surface area contributed by atoms with Crippen LogP contribution >= 0.6 is 11.6 Å². The lowest BCUT2D eigenvalue weighted by atomic mass is 9.97. The van der Waals surface area contributed by atoms with Gasteiger partial charge in [-0.15, -0.1) is 11.6 Å². The third kappa shape index (κ3) is 5.34. The van der Waals surface area contributed by atoms with Crippen molar-refractivity contribution in [3.8, 4) is 0 Å². The van der Waals surface area contributed by atoms with E-state index in [1.807, 2.05) is 18.2 Å². The highest BCUT2D eigenvalue weighted by atomic mass is 35.5. The van der Waals surface area contributed by atoms with Crippen molar-refractivity contribution < 1.29 is 21.6 Å². The molecule has 0 saturated carbocycles. The van der Waals surface area contributed by atoms with Crippen LogP contribution < -0.4 is 0 Å². The predicted octanol–water partition coefficient (Wildman–Crippen LogP) is 5.57. The Morgan fingerprint density at radius 2 is 1.66 bits per heavy atom. The van der Waals surface area contributed by atoms with Crippen molar-refractivity contribution in [2.75, 3.05) is 5.75 Å². The second-order valence-electron chi connectivity index (χ2n) is 8.10. The molecular formula is C22H24ClF3O2S. The molecule has 2 nitrogen and oxygen atoms in total. The molecule has 0 fully saturated rings. The van der Waals surface area contributed by atoms with Gasteiger partial charge in [0, 0.05) is 5.88 Å². The van der Waals surface area contributed by atoms with Gasteiger partial charge in [0.05, 0.1) is 16.6 Å². The lowest BCUT2D eigenvalue weighted by Gasteiger charge is -2.12. The van der Waals surface area contributed by atoms with E-state index in [4.69, 9.17) is 11.6 Å². The van der Waals surface area contributed by atoms with Crippen LogP contribution in [0.3, 0.4) is 0 Å². The highest BCUT2D eigenvalue weighted by Crippen LogP contribution is 2.33. The van der Waals surface area contributed by atoms with Crippen molar-refractivity contribution in [3.05, 3.63) is 69.8 Å². The summed E-state index contributed by atoms with van der Waals surface area (Å²) < 4.78 is 63.9. The Labute approximate surface area is 175 Å². The normalized spacial score (nSPS) is 17.0. The monoisotopic (exact) mass is 444 g/mol. The number of hydrogen-bond acceptors (Lipinski definition) is 2. The molecule has 0 heterocycles. The molecule has 0 bridgehead atoms. The third-order valence-corrected chi connectivity index (χ3v) is 8.10. The highest BCUT2D eigenvalue weighted by molar-refractivity contribution is 7.91. The van der Waals surface area contributed by atoms with E-state index in [-0.39, 0.29) is 22.8 Å². The summed E-state index contributed by atoms with van der Waals surface area (Å²) in [5, 5.41) is -0.390. The van der Waals surface area contributed by atoms with Crippen LogP contribution in [-0.4, -0.2) is 19.4 Å². The largest absolute Gasteiger partial charge is 0.416 e. The first kappa shape index (κ1) is 22.2. The number of benzene rings is 2. The molecule has 0 spiro atoms. The topological polar surface area (TPSA) is 34.1 Å². The van der Waals surface area contributed by atoms with Gasteiger partial charge in [-0.25, -0.2) is 8.42 Å². The maximum atomic E-state index is 13.1. The van der Waals surface area contributed by atoms with Crippen molar-refractivity contribution in [1.29, 1.82) is 0 Å². The SMILES string of the molecule is CC(C)S(=O)(=O)C[C@H]1Cc2ccc(Cc3cc(CCl)cc(C(F)(F)F)c3)cc2C1. The lowest BCUT2D eigenvalue weighted by molar-refractivity contribution is -0.137. The van der Waals surface area contributed by atoms with E-state index in [1.54, 1.807) is 19.9 Å². The van der Waals surface area contributed by atoms with Gasteiger partial charge in [0.2, 0.25) is 0 Å². The molecule has 1 aliphatic carbocycles. The molecule has 0 radical (unpaired) electrons. The zero-order valence-corrected chi connectivity index (χ0v) is 18.0. The van der Waals surface area contributed by atoms with Crippen LogP contribution in [0.25, 0.3) is 0 Å². The van der Waals surface area contributed by atoms with Gasteiger partial charge < -0.3 is 0 Å². The highest BCUT2D eigenvalue weighted by Gasteiger charge is 2.31. The number of halogens is 4. The fourth-order valence-electron chi connectivity index (χ4n) is 3.85. The van der Waals surface area contributed by atoms with Crippen molar-refractivity contribution in [3.63, 3.8) is 0 Å². The average Bonchev–Trinajstić information content (AvgIpc) is 3.01. The second kappa shape index (κ2) is 8.31. The third-order valence-electron chi connectivity index (χ3n) is 5.42. The van der Waals surface area contributed by atoms with E-state index in [0.717, 1.165) is 29.2 Å². The molecule has 0 N–H and O–H groups in total. The minimum Gasteiger partial charge on any atom is -0.229 e. The van der Waals surface area contributed by atoms with E-state index in [0.29, 0.717) is 24.0 Å². The summed E-state index contributed by atoms with van der Waals surface area (Å²) in [6.45, 7) is 3.39. The van der Waals surface area contributed by atoms with E-state index in [2.05, 4.69) is 0 Å². The maximum absolute atomic E-state index is 13.1. The van der Waals surface area contributed by atoms with Crippen molar-refractivity contribution >= 4 is 21.4 Å². The van der Waals surface area contributed by atoms with Crippen molar-refractivity contribution in [2.45, 2.75) is 50.4 Å². The molecule has 0 saturated heterocycles. The summed E-state index contributed by atoms with van der Waals surface area (Å²) >= 11 is 5.78. The van der Waals surface area contributed by atoms with Crippen molar-refractivity contribution in [2.24, 2.45) is 5.92 Å². The molecule has 3 rings (SSSR count). The summed E-state index contributed by atoms with van der Waals surface area (Å²) in [6.07, 6.45) is -2.63. The lowest BCUT2D eigenvalue weighted by Crippen LogP contribution is -2.23. The zero-order chi connectivity index (χ0) is 21.4. The minimum atomic E-state index is -4.41. The molecule has 1 aliphatic rings. The minimum absolute atomic E-state index is 0.0209. The summed E-state index contributed by atoms with van der Waals surface area (Å²) in [7, 11) is -3.10. The molecule has 2 aromatic rings. The quantitative estimate of drug-likeness (QED) is 0.545. The summed E-state index contributed by atoms with van der Waals surface area (Å²) in [5.74, 6) is 0.248. The molecule has 2 aromatic carbocycles. The van der Waals surface area contributed by atoms with E-state index in [1.165, 1.54) is 6.07 Å². The number of hydrogen-bond donors (Lipinski definition) is 0. The van der Waals surface area contributed by atoms with Gasteiger partial charge in [-0.2, -0.15) is 13.2 Å². The Bertz CT molecular complexity index is 998. The first-order chi connectivity index (χ1) is 13.5. The van der Waals surface area contributed by atoms with Crippen LogP contribution in [0, 0.1) is 5.92 Å². The predicted molar refractivity (Wildman–Crippen MR) is 110 cm³/mol. The van der Waals surface area contributed by atoms with E-state index >= 15 is 0 Å². The number of rotatable bonds is 6. The Morgan fingerprint density at radius 3 is 2.28 bits per heavy atom.